The van der Waals surface area contributed by atoms with Gasteiger partial charge in [-0.05, 0) is 78.6 Å². The predicted molar refractivity (Wildman–Crippen MR) is 117 cm³/mol. The number of carboxylic acid groups (broad SMARTS) is 1. The summed E-state index contributed by atoms with van der Waals surface area (Å²) in [5.41, 5.74) is 4.23. The molecule has 0 aliphatic heterocycles. The van der Waals surface area contributed by atoms with Crippen LogP contribution in [0.25, 0.3) is 0 Å². The van der Waals surface area contributed by atoms with E-state index in [1.807, 2.05) is 37.3 Å². The third-order valence-electron chi connectivity index (χ3n) is 4.58. The van der Waals surface area contributed by atoms with Gasteiger partial charge < -0.3 is 15.2 Å². The SMILES string of the molecule is CCO[C@H](c1ccc(F)cc1)c1cc(CCC(=O)O)cc(Nc2ccc(Cl)cc2)c1. The fraction of sp³-hybridized carbons (Fsp3) is 0.208. The molecule has 0 saturated carbocycles. The fourth-order valence-electron chi connectivity index (χ4n) is 3.23. The molecule has 0 aliphatic carbocycles. The van der Waals surface area contributed by atoms with Crippen LogP contribution in [-0.2, 0) is 16.0 Å². The number of hydrogen-bond acceptors (Lipinski definition) is 3. The molecule has 0 amide bonds. The zero-order valence-corrected chi connectivity index (χ0v) is 17.3. The van der Waals surface area contributed by atoms with Crippen molar-refractivity contribution in [3.63, 3.8) is 0 Å². The van der Waals surface area contributed by atoms with Crippen LogP contribution in [0, 0.1) is 5.82 Å². The first kappa shape index (κ1) is 21.8. The molecule has 0 bridgehead atoms. The second kappa shape index (κ2) is 10.2. The average Bonchev–Trinajstić information content (AvgIpc) is 2.73. The molecule has 0 unspecified atom stereocenters. The van der Waals surface area contributed by atoms with Crippen molar-refractivity contribution >= 4 is 28.9 Å². The lowest BCUT2D eigenvalue weighted by Gasteiger charge is -2.20. The standard InChI is InChI=1S/C24H23ClFNO3/c1-2-30-24(17-4-8-20(26)9-5-17)18-13-16(3-12-23(28)29)14-22(15-18)27-21-10-6-19(25)7-11-21/h4-11,13-15,24,27H,2-3,12H2,1H3,(H,28,29)/t24-/m1/s1. The molecule has 2 N–H and O–H groups in total. The molecule has 0 saturated heterocycles. The minimum absolute atomic E-state index is 0.0275. The summed E-state index contributed by atoms with van der Waals surface area (Å²) >= 11 is 5.96. The topological polar surface area (TPSA) is 58.6 Å². The molecule has 0 aromatic heterocycles. The third-order valence-corrected chi connectivity index (χ3v) is 4.84. The lowest BCUT2D eigenvalue weighted by atomic mass is 9.97. The van der Waals surface area contributed by atoms with E-state index in [1.165, 1.54) is 12.1 Å². The van der Waals surface area contributed by atoms with Crippen LogP contribution in [0.4, 0.5) is 15.8 Å². The van der Waals surface area contributed by atoms with Crippen LogP contribution in [0.1, 0.15) is 36.1 Å². The number of halogens is 2. The normalized spacial score (nSPS) is 11.8. The van der Waals surface area contributed by atoms with E-state index in [0.717, 1.165) is 28.1 Å². The number of anilines is 2. The van der Waals surface area contributed by atoms with Gasteiger partial charge in [-0.2, -0.15) is 0 Å². The number of carbonyl (C=O) groups is 1. The molecular weight excluding hydrogens is 405 g/mol. The van der Waals surface area contributed by atoms with E-state index in [4.69, 9.17) is 21.4 Å². The molecule has 0 spiro atoms. The van der Waals surface area contributed by atoms with Crippen LogP contribution in [0.15, 0.2) is 66.7 Å². The molecule has 3 aromatic rings. The van der Waals surface area contributed by atoms with Gasteiger partial charge in [0.25, 0.3) is 0 Å². The van der Waals surface area contributed by atoms with Crippen molar-refractivity contribution in [2.45, 2.75) is 25.9 Å². The number of aliphatic carboxylic acids is 1. The Morgan fingerprint density at radius 1 is 1.03 bits per heavy atom. The minimum Gasteiger partial charge on any atom is -0.481 e. The Labute approximate surface area is 180 Å². The van der Waals surface area contributed by atoms with Crippen LogP contribution in [0.3, 0.4) is 0 Å². The monoisotopic (exact) mass is 427 g/mol. The van der Waals surface area contributed by atoms with Crippen molar-refractivity contribution in [3.05, 3.63) is 94.3 Å². The number of carboxylic acids is 1. The van der Waals surface area contributed by atoms with Crippen molar-refractivity contribution in [1.29, 1.82) is 0 Å². The highest BCUT2D eigenvalue weighted by Crippen LogP contribution is 2.31. The maximum Gasteiger partial charge on any atom is 0.303 e. The highest BCUT2D eigenvalue weighted by Gasteiger charge is 2.17. The molecule has 0 heterocycles. The Morgan fingerprint density at radius 2 is 1.73 bits per heavy atom. The summed E-state index contributed by atoms with van der Waals surface area (Å²) in [5.74, 6) is -1.16. The van der Waals surface area contributed by atoms with Gasteiger partial charge in [-0.1, -0.05) is 29.8 Å². The van der Waals surface area contributed by atoms with E-state index < -0.39 is 12.1 Å². The van der Waals surface area contributed by atoms with E-state index in [2.05, 4.69) is 5.32 Å². The van der Waals surface area contributed by atoms with Crippen molar-refractivity contribution in [2.75, 3.05) is 11.9 Å². The first-order valence-corrected chi connectivity index (χ1v) is 10.1. The van der Waals surface area contributed by atoms with Gasteiger partial charge >= 0.3 is 5.97 Å². The van der Waals surface area contributed by atoms with Gasteiger partial charge in [0.1, 0.15) is 11.9 Å². The van der Waals surface area contributed by atoms with Gasteiger partial charge in [0.15, 0.2) is 0 Å². The van der Waals surface area contributed by atoms with E-state index in [9.17, 15) is 9.18 Å². The van der Waals surface area contributed by atoms with Gasteiger partial charge in [0.05, 0.1) is 0 Å². The Kier molecular flexibility index (Phi) is 7.44. The number of aryl methyl sites for hydroxylation is 1. The van der Waals surface area contributed by atoms with Gasteiger partial charge in [0, 0.05) is 29.4 Å². The van der Waals surface area contributed by atoms with Crippen molar-refractivity contribution < 1.29 is 19.0 Å². The first-order chi connectivity index (χ1) is 14.4. The second-order valence-corrected chi connectivity index (χ2v) is 7.31. The predicted octanol–water partition coefficient (Wildman–Crippen LogP) is 6.37. The van der Waals surface area contributed by atoms with E-state index in [1.54, 1.807) is 24.3 Å². The molecular formula is C24H23ClFNO3. The summed E-state index contributed by atoms with van der Waals surface area (Å²) in [6.45, 7) is 2.37. The molecule has 30 heavy (non-hydrogen) atoms. The average molecular weight is 428 g/mol. The molecule has 4 nitrogen and oxygen atoms in total. The molecule has 0 aliphatic rings. The quantitative estimate of drug-likeness (QED) is 0.416. The smallest absolute Gasteiger partial charge is 0.303 e. The van der Waals surface area contributed by atoms with Crippen molar-refractivity contribution in [3.8, 4) is 0 Å². The molecule has 156 valence electrons. The summed E-state index contributed by atoms with van der Waals surface area (Å²) in [6.07, 6.45) is 0.0200. The summed E-state index contributed by atoms with van der Waals surface area (Å²) in [7, 11) is 0. The second-order valence-electron chi connectivity index (χ2n) is 6.88. The van der Waals surface area contributed by atoms with Gasteiger partial charge in [-0.15, -0.1) is 0 Å². The first-order valence-electron chi connectivity index (χ1n) is 9.70. The highest BCUT2D eigenvalue weighted by atomic mass is 35.5. The van der Waals surface area contributed by atoms with Gasteiger partial charge in [0.2, 0.25) is 0 Å². The molecule has 3 aromatic carbocycles. The van der Waals surface area contributed by atoms with Crippen LogP contribution in [0.5, 0.6) is 0 Å². The Morgan fingerprint density at radius 3 is 2.37 bits per heavy atom. The zero-order chi connectivity index (χ0) is 21.5. The van der Waals surface area contributed by atoms with Gasteiger partial charge in [-0.25, -0.2) is 4.39 Å². The maximum atomic E-state index is 13.4. The van der Waals surface area contributed by atoms with Crippen LogP contribution >= 0.6 is 11.6 Å². The largest absolute Gasteiger partial charge is 0.481 e. The van der Waals surface area contributed by atoms with Gasteiger partial charge in [-0.3, -0.25) is 4.79 Å². The Hall–Kier alpha value is -2.89. The lowest BCUT2D eigenvalue weighted by molar-refractivity contribution is -0.136. The van der Waals surface area contributed by atoms with Crippen LogP contribution < -0.4 is 5.32 Å². The Bertz CT molecular complexity index is 990. The Balaban J connectivity index is 1.99. The third kappa shape index (κ3) is 6.05. The summed E-state index contributed by atoms with van der Waals surface area (Å²) < 4.78 is 19.4. The fourth-order valence-corrected chi connectivity index (χ4v) is 3.35. The summed E-state index contributed by atoms with van der Waals surface area (Å²) in [5, 5.41) is 13.1. The minimum atomic E-state index is -0.854. The van der Waals surface area contributed by atoms with Crippen molar-refractivity contribution in [2.24, 2.45) is 0 Å². The number of rotatable bonds is 9. The van der Waals surface area contributed by atoms with Crippen LogP contribution in [-0.4, -0.2) is 17.7 Å². The molecule has 1 atom stereocenters. The van der Waals surface area contributed by atoms with E-state index in [0.29, 0.717) is 18.1 Å². The number of ether oxygens (including phenoxy) is 1. The number of hydrogen-bond donors (Lipinski definition) is 2. The van der Waals surface area contributed by atoms with E-state index >= 15 is 0 Å². The summed E-state index contributed by atoms with van der Waals surface area (Å²) in [4.78, 5) is 11.1. The maximum absolute atomic E-state index is 13.4. The molecule has 0 radical (unpaired) electrons. The van der Waals surface area contributed by atoms with E-state index in [-0.39, 0.29) is 12.2 Å². The van der Waals surface area contributed by atoms with Crippen molar-refractivity contribution in [1.82, 2.24) is 0 Å². The molecule has 0 fully saturated rings. The summed E-state index contributed by atoms with van der Waals surface area (Å²) in [6, 6.07) is 19.4. The highest BCUT2D eigenvalue weighted by molar-refractivity contribution is 6.30. The van der Waals surface area contributed by atoms with Crippen LogP contribution in [0.2, 0.25) is 5.02 Å². The number of benzene rings is 3. The lowest BCUT2D eigenvalue weighted by Crippen LogP contribution is -2.08. The molecule has 6 heteroatoms. The zero-order valence-electron chi connectivity index (χ0n) is 16.6. The molecule has 3 rings (SSSR count). The number of nitrogens with one attached hydrogen (secondary N) is 1.